The van der Waals surface area contributed by atoms with Gasteiger partial charge in [-0.05, 0) is 37.1 Å². The number of hydrogen-bond donors (Lipinski definition) is 2. The molecule has 1 saturated heterocycles. The van der Waals surface area contributed by atoms with Gasteiger partial charge in [-0.25, -0.2) is 4.79 Å². The van der Waals surface area contributed by atoms with Gasteiger partial charge in [0.05, 0.1) is 14.2 Å². The van der Waals surface area contributed by atoms with Gasteiger partial charge in [-0.3, -0.25) is 14.5 Å². The Balaban J connectivity index is 1.59. The summed E-state index contributed by atoms with van der Waals surface area (Å²) < 4.78 is 11.2. The summed E-state index contributed by atoms with van der Waals surface area (Å²) in [6.45, 7) is 1.62. The van der Waals surface area contributed by atoms with Gasteiger partial charge < -0.3 is 20.1 Å². The highest BCUT2D eigenvalue weighted by atomic mass is 79.9. The Morgan fingerprint density at radius 2 is 1.84 bits per heavy atom. The molecule has 31 heavy (non-hydrogen) atoms. The van der Waals surface area contributed by atoms with Crippen LogP contribution in [-0.4, -0.2) is 50.1 Å². The first kappa shape index (κ1) is 22.6. The summed E-state index contributed by atoms with van der Waals surface area (Å²) in [5, 5.41) is 5.45. The summed E-state index contributed by atoms with van der Waals surface area (Å²) >= 11 is 3.42. The average Bonchev–Trinajstić information content (AvgIpc) is 2.97. The van der Waals surface area contributed by atoms with E-state index in [-0.39, 0.29) is 6.54 Å². The minimum Gasteiger partial charge on any atom is -0.493 e. The van der Waals surface area contributed by atoms with Gasteiger partial charge in [-0.1, -0.05) is 40.2 Å². The number of benzene rings is 2. The van der Waals surface area contributed by atoms with E-state index in [0.717, 1.165) is 10.5 Å². The maximum Gasteiger partial charge on any atom is 0.325 e. The number of amides is 4. The van der Waals surface area contributed by atoms with E-state index in [2.05, 4.69) is 26.6 Å². The lowest BCUT2D eigenvalue weighted by Crippen LogP contribution is -2.43. The molecule has 1 atom stereocenters. The van der Waals surface area contributed by atoms with Gasteiger partial charge in [0.2, 0.25) is 5.91 Å². The molecule has 2 aromatic rings. The number of imide groups is 1. The number of nitrogens with zero attached hydrogens (tertiary/aromatic N) is 1. The van der Waals surface area contributed by atoms with Crippen molar-refractivity contribution < 1.29 is 23.9 Å². The van der Waals surface area contributed by atoms with Crippen LogP contribution in [0, 0.1) is 0 Å². The van der Waals surface area contributed by atoms with E-state index in [0.29, 0.717) is 34.5 Å². The van der Waals surface area contributed by atoms with Crippen molar-refractivity contribution >= 4 is 33.8 Å². The van der Waals surface area contributed by atoms with Gasteiger partial charge in [0.1, 0.15) is 12.1 Å². The van der Waals surface area contributed by atoms with Crippen LogP contribution in [0.1, 0.15) is 18.1 Å². The number of carbonyl (C=O) groups excluding carboxylic acids is 3. The van der Waals surface area contributed by atoms with Crippen molar-refractivity contribution in [3.8, 4) is 11.5 Å². The van der Waals surface area contributed by atoms with Gasteiger partial charge in [0.25, 0.3) is 5.91 Å². The molecule has 0 spiro atoms. The summed E-state index contributed by atoms with van der Waals surface area (Å²) in [7, 11) is 3.12. The lowest BCUT2D eigenvalue weighted by Gasteiger charge is -2.23. The molecule has 1 fully saturated rings. The van der Waals surface area contributed by atoms with Crippen LogP contribution in [0.25, 0.3) is 0 Å². The first-order valence-corrected chi connectivity index (χ1v) is 10.5. The second kappa shape index (κ2) is 9.38. The molecule has 2 N–H and O–H groups in total. The van der Waals surface area contributed by atoms with E-state index in [1.54, 1.807) is 45.4 Å². The van der Waals surface area contributed by atoms with Gasteiger partial charge >= 0.3 is 6.03 Å². The van der Waals surface area contributed by atoms with Gasteiger partial charge in [-0.2, -0.15) is 0 Å². The predicted octanol–water partition coefficient (Wildman–Crippen LogP) is 2.59. The molecule has 0 aliphatic carbocycles. The van der Waals surface area contributed by atoms with Crippen molar-refractivity contribution in [2.75, 3.05) is 27.3 Å². The molecule has 2 aromatic carbocycles. The monoisotopic (exact) mass is 489 g/mol. The first-order valence-electron chi connectivity index (χ1n) is 9.67. The fourth-order valence-corrected chi connectivity index (χ4v) is 4.15. The Morgan fingerprint density at radius 1 is 1.13 bits per heavy atom. The minimum atomic E-state index is -1.24. The SMILES string of the molecule is COc1ccc(CCNC(=O)CN2C(=O)N[C@@](C)(c3ccccc3Br)C2=O)cc1OC. The maximum absolute atomic E-state index is 13.0. The molecule has 0 radical (unpaired) electrons. The number of carbonyl (C=O) groups is 3. The van der Waals surface area contributed by atoms with Crippen LogP contribution in [0.4, 0.5) is 4.79 Å². The van der Waals surface area contributed by atoms with E-state index in [1.165, 1.54) is 0 Å². The van der Waals surface area contributed by atoms with Crippen LogP contribution in [0.5, 0.6) is 11.5 Å². The molecule has 0 bridgehead atoms. The molecule has 0 aromatic heterocycles. The zero-order valence-corrected chi connectivity index (χ0v) is 19.1. The quantitative estimate of drug-likeness (QED) is 0.555. The van der Waals surface area contributed by atoms with Crippen molar-refractivity contribution in [1.29, 1.82) is 0 Å². The molecule has 0 saturated carbocycles. The predicted molar refractivity (Wildman–Crippen MR) is 118 cm³/mol. The Hall–Kier alpha value is -3.07. The Bertz CT molecular complexity index is 1010. The lowest BCUT2D eigenvalue weighted by atomic mass is 9.92. The van der Waals surface area contributed by atoms with Crippen molar-refractivity contribution in [1.82, 2.24) is 15.5 Å². The van der Waals surface area contributed by atoms with E-state index in [9.17, 15) is 14.4 Å². The number of rotatable bonds is 8. The van der Waals surface area contributed by atoms with E-state index >= 15 is 0 Å². The highest BCUT2D eigenvalue weighted by molar-refractivity contribution is 9.10. The summed E-state index contributed by atoms with van der Waals surface area (Å²) in [6, 6.07) is 12.1. The molecule has 164 valence electrons. The topological polar surface area (TPSA) is 97.0 Å². The van der Waals surface area contributed by atoms with Crippen LogP contribution in [0.3, 0.4) is 0 Å². The van der Waals surface area contributed by atoms with Crippen LogP contribution >= 0.6 is 15.9 Å². The standard InChI is InChI=1S/C22H24BrN3O5/c1-22(15-6-4-5-7-16(15)23)20(28)26(21(29)25-22)13-19(27)24-11-10-14-8-9-17(30-2)18(12-14)31-3/h4-9,12H,10-11,13H2,1-3H3,(H,24,27)(H,25,29)/t22-/m0/s1. The Kier molecular flexibility index (Phi) is 6.84. The third-order valence-corrected chi connectivity index (χ3v) is 5.86. The number of nitrogens with one attached hydrogen (secondary N) is 2. The lowest BCUT2D eigenvalue weighted by molar-refractivity contribution is -0.134. The van der Waals surface area contributed by atoms with E-state index < -0.39 is 23.4 Å². The number of hydrogen-bond acceptors (Lipinski definition) is 5. The summed E-state index contributed by atoms with van der Waals surface area (Å²) in [4.78, 5) is 38.7. The fourth-order valence-electron chi connectivity index (χ4n) is 3.47. The molecule has 8 nitrogen and oxygen atoms in total. The van der Waals surface area contributed by atoms with E-state index in [1.807, 2.05) is 18.2 Å². The summed E-state index contributed by atoms with van der Waals surface area (Å²) in [6.07, 6.45) is 0.556. The van der Waals surface area contributed by atoms with Gasteiger partial charge in [0.15, 0.2) is 11.5 Å². The molecule has 0 unspecified atom stereocenters. The van der Waals surface area contributed by atoms with Crippen molar-refractivity contribution in [2.24, 2.45) is 0 Å². The molecule has 3 rings (SSSR count). The second-order valence-electron chi connectivity index (χ2n) is 7.22. The van der Waals surface area contributed by atoms with Crippen molar-refractivity contribution in [3.63, 3.8) is 0 Å². The molecule has 1 aliphatic heterocycles. The van der Waals surface area contributed by atoms with Crippen LogP contribution < -0.4 is 20.1 Å². The van der Waals surface area contributed by atoms with E-state index in [4.69, 9.17) is 9.47 Å². The van der Waals surface area contributed by atoms with Crippen molar-refractivity contribution in [2.45, 2.75) is 18.9 Å². The highest BCUT2D eigenvalue weighted by Gasteiger charge is 2.50. The van der Waals surface area contributed by atoms with Crippen LogP contribution in [-0.2, 0) is 21.5 Å². The zero-order chi connectivity index (χ0) is 22.6. The first-order chi connectivity index (χ1) is 14.8. The molecular weight excluding hydrogens is 466 g/mol. The minimum absolute atomic E-state index is 0.347. The Labute approximate surface area is 189 Å². The third kappa shape index (κ3) is 4.66. The summed E-state index contributed by atoms with van der Waals surface area (Å²) in [5.41, 5.74) is 0.344. The highest BCUT2D eigenvalue weighted by Crippen LogP contribution is 2.33. The molecular formula is C22H24BrN3O5. The number of methoxy groups -OCH3 is 2. The van der Waals surface area contributed by atoms with Gasteiger partial charge in [0, 0.05) is 16.6 Å². The fraction of sp³-hybridized carbons (Fsp3) is 0.318. The third-order valence-electron chi connectivity index (χ3n) is 5.17. The normalized spacial score (nSPS) is 18.0. The number of ether oxygens (including phenoxy) is 2. The average molecular weight is 490 g/mol. The number of urea groups is 1. The largest absolute Gasteiger partial charge is 0.493 e. The molecule has 9 heteroatoms. The van der Waals surface area contributed by atoms with Crippen molar-refractivity contribution in [3.05, 3.63) is 58.1 Å². The van der Waals surface area contributed by atoms with Gasteiger partial charge in [-0.15, -0.1) is 0 Å². The Morgan fingerprint density at radius 3 is 2.52 bits per heavy atom. The number of halogens is 1. The molecule has 1 heterocycles. The van der Waals surface area contributed by atoms with Crippen LogP contribution in [0.2, 0.25) is 0 Å². The smallest absolute Gasteiger partial charge is 0.325 e. The summed E-state index contributed by atoms with van der Waals surface area (Å²) in [5.74, 6) is 0.346. The molecule has 1 aliphatic rings. The maximum atomic E-state index is 13.0. The zero-order valence-electron chi connectivity index (χ0n) is 17.5. The van der Waals surface area contributed by atoms with Crippen LogP contribution in [0.15, 0.2) is 46.9 Å². The second-order valence-corrected chi connectivity index (χ2v) is 8.07. The molecule has 4 amide bonds.